The predicted molar refractivity (Wildman–Crippen MR) is 249 cm³/mol. The normalized spacial score (nSPS) is 11.7. The van der Waals surface area contributed by atoms with E-state index in [0.29, 0.717) is 59.5 Å². The molecule has 3 aromatic carbocycles. The lowest BCUT2D eigenvalue weighted by Gasteiger charge is -2.23. The van der Waals surface area contributed by atoms with E-state index in [2.05, 4.69) is 41.3 Å². The van der Waals surface area contributed by atoms with E-state index in [4.69, 9.17) is 42.6 Å². The molecule has 0 radical (unpaired) electrons. The van der Waals surface area contributed by atoms with Gasteiger partial charge in [0.05, 0.1) is 88.0 Å². The van der Waals surface area contributed by atoms with Crippen LogP contribution >= 0.6 is 0 Å². The maximum Gasteiger partial charge on any atom is 0.203 e. The van der Waals surface area contributed by atoms with Crippen LogP contribution in [0.2, 0.25) is 18.1 Å². The van der Waals surface area contributed by atoms with Gasteiger partial charge in [0.1, 0.15) is 0 Å². The quantitative estimate of drug-likeness (QED) is 0.0556. The molecule has 0 aliphatic heterocycles. The molecule has 3 aromatic rings. The number of hydrogen-bond acceptors (Lipinski definition) is 10. The maximum absolute atomic E-state index is 6.20. The molecule has 0 aromatic heterocycles. The Bertz CT molecular complexity index is 1410. The second kappa shape index (κ2) is 28.8. The second-order valence-corrected chi connectivity index (χ2v) is 19.7. The molecule has 0 atom stereocenters. The predicted octanol–water partition coefficient (Wildman–Crippen LogP) is 5.78. The highest BCUT2D eigenvalue weighted by Crippen LogP contribution is 2.38. The van der Waals surface area contributed by atoms with Gasteiger partial charge in [-0.2, -0.15) is 0 Å². The van der Waals surface area contributed by atoms with Gasteiger partial charge in [-0.15, -0.1) is 0 Å². The van der Waals surface area contributed by atoms with E-state index in [0.717, 1.165) is 71.4 Å². The first-order valence-electron chi connectivity index (χ1n) is 22.3. The van der Waals surface area contributed by atoms with Gasteiger partial charge in [0.15, 0.2) is 34.5 Å². The molecule has 326 valence electrons. The number of hydrogen-bond donors (Lipinski definition) is 0. The van der Waals surface area contributed by atoms with Crippen LogP contribution in [-0.4, -0.2) is 113 Å². The van der Waals surface area contributed by atoms with Gasteiger partial charge in [0.2, 0.25) is 17.2 Å². The first-order valence-corrected chi connectivity index (χ1v) is 27.4. The van der Waals surface area contributed by atoms with Crippen molar-refractivity contribution in [3.05, 3.63) is 36.4 Å². The average Bonchev–Trinajstić information content (AvgIpc) is 3.22. The number of ether oxygens (including phenoxy) is 9. The Balaban J connectivity index is 1.72. The maximum atomic E-state index is 6.20. The molecule has 0 amide bonds. The van der Waals surface area contributed by atoms with E-state index < -0.39 is 28.6 Å². The largest absolute Gasteiger partial charge is 0.490 e. The van der Waals surface area contributed by atoms with Crippen LogP contribution in [0, 0.1) is 0 Å². The molecule has 0 saturated heterocycles. The van der Waals surface area contributed by atoms with Gasteiger partial charge >= 0.3 is 0 Å². The van der Waals surface area contributed by atoms with Crippen LogP contribution in [0.15, 0.2) is 36.4 Å². The fourth-order valence-electron chi connectivity index (χ4n) is 7.19. The van der Waals surface area contributed by atoms with Crippen molar-refractivity contribution in [3.8, 4) is 51.7 Å². The van der Waals surface area contributed by atoms with E-state index in [1.807, 2.05) is 62.3 Å². The lowest BCUT2D eigenvalue weighted by atomic mass is 10.3. The van der Waals surface area contributed by atoms with Crippen molar-refractivity contribution in [2.24, 2.45) is 0 Å². The Morgan fingerprint density at radius 3 is 0.810 bits per heavy atom. The molecule has 0 fully saturated rings. The summed E-state index contributed by atoms with van der Waals surface area (Å²) in [7, 11) is -1.76. The molecule has 3 rings (SSSR count). The number of rotatable bonds is 33. The molecule has 10 nitrogen and oxygen atoms in total. The summed E-state index contributed by atoms with van der Waals surface area (Å²) >= 11 is 0. The minimum Gasteiger partial charge on any atom is -0.490 e. The Labute approximate surface area is 357 Å². The molecule has 0 aliphatic carbocycles. The smallest absolute Gasteiger partial charge is 0.203 e. The van der Waals surface area contributed by atoms with Crippen LogP contribution < -0.4 is 58.2 Å². The lowest BCUT2D eigenvalue weighted by Crippen LogP contribution is -2.29. The Hall–Kier alpha value is -3.53. The summed E-state index contributed by atoms with van der Waals surface area (Å²) in [6, 6.07) is 16.4. The molecular formula is C45H75NO9Si3. The summed E-state index contributed by atoms with van der Waals surface area (Å²) in [5, 5.41) is 3.95. The monoisotopic (exact) mass is 857 g/mol. The van der Waals surface area contributed by atoms with Crippen LogP contribution in [0.1, 0.15) is 81.6 Å². The number of benzene rings is 3. The lowest BCUT2D eigenvalue weighted by molar-refractivity contribution is 0.262. The van der Waals surface area contributed by atoms with Gasteiger partial charge < -0.3 is 47.5 Å². The van der Waals surface area contributed by atoms with Gasteiger partial charge in [-0.25, -0.2) is 0 Å². The third kappa shape index (κ3) is 15.3. The van der Waals surface area contributed by atoms with Crippen molar-refractivity contribution in [1.29, 1.82) is 0 Å². The highest BCUT2D eigenvalue weighted by Gasteiger charge is 2.20. The topological polar surface area (TPSA) is 86.3 Å². The van der Waals surface area contributed by atoms with E-state index >= 15 is 0 Å². The van der Waals surface area contributed by atoms with Crippen molar-refractivity contribution in [1.82, 2.24) is 4.90 Å². The first-order chi connectivity index (χ1) is 28.4. The molecule has 13 heteroatoms. The minimum atomic E-state index is -0.586. The molecule has 0 saturated carbocycles. The highest BCUT2D eigenvalue weighted by molar-refractivity contribution is 6.55. The van der Waals surface area contributed by atoms with Crippen LogP contribution in [0.5, 0.6) is 51.7 Å². The summed E-state index contributed by atoms with van der Waals surface area (Å²) in [5.41, 5.74) is 0. The first kappa shape index (κ1) is 48.8. The average molecular weight is 858 g/mol. The third-order valence-corrected chi connectivity index (χ3v) is 15.5. The van der Waals surface area contributed by atoms with Gasteiger partial charge in [0.25, 0.3) is 0 Å². The molecule has 0 bridgehead atoms. The van der Waals surface area contributed by atoms with Crippen molar-refractivity contribution in [2.75, 3.05) is 79.1 Å². The Morgan fingerprint density at radius 1 is 0.328 bits per heavy atom. The van der Waals surface area contributed by atoms with Crippen molar-refractivity contribution >= 4 is 44.1 Å². The Morgan fingerprint density at radius 2 is 0.569 bits per heavy atom. The van der Waals surface area contributed by atoms with E-state index in [1.54, 1.807) is 0 Å². The van der Waals surface area contributed by atoms with E-state index in [1.165, 1.54) is 53.0 Å². The summed E-state index contributed by atoms with van der Waals surface area (Å²) in [5.74, 6) is 7.23. The minimum absolute atomic E-state index is 0.574. The van der Waals surface area contributed by atoms with Gasteiger partial charge in [-0.3, -0.25) is 0 Å². The van der Waals surface area contributed by atoms with Crippen molar-refractivity contribution in [2.45, 2.75) is 99.7 Å². The summed E-state index contributed by atoms with van der Waals surface area (Å²) in [4.78, 5) is 2.71. The van der Waals surface area contributed by atoms with Crippen LogP contribution in [0.25, 0.3) is 0 Å². The van der Waals surface area contributed by atoms with Gasteiger partial charge in [-0.1, -0.05) is 36.3 Å². The molecule has 0 spiro atoms. The molecular weight excluding hydrogens is 783 g/mol. The van der Waals surface area contributed by atoms with Crippen LogP contribution in [-0.2, 0) is 0 Å². The SMILES string of the molecule is CCOc1ccc([SiH2]CCCN(CCC[SiH2]c2ccc(OCC)c(OCC)c2OCC)CCC[SiH2]c2ccc(OCC)c(OCC)c2OCC)c(OCC)c1OCC. The summed E-state index contributed by atoms with van der Waals surface area (Å²) < 4.78 is 54.5. The zero-order valence-corrected chi connectivity index (χ0v) is 41.7. The zero-order chi connectivity index (χ0) is 42.0. The van der Waals surface area contributed by atoms with E-state index in [9.17, 15) is 0 Å². The fourth-order valence-corrected chi connectivity index (χ4v) is 12.1. The third-order valence-electron chi connectivity index (χ3n) is 9.62. The van der Waals surface area contributed by atoms with Gasteiger partial charge in [-0.05, 0) is 135 Å². The fraction of sp³-hybridized carbons (Fsp3) is 0.600. The van der Waals surface area contributed by atoms with Gasteiger partial charge in [0, 0.05) is 0 Å². The van der Waals surface area contributed by atoms with Crippen LogP contribution in [0.4, 0.5) is 0 Å². The highest BCUT2D eigenvalue weighted by atomic mass is 28.2. The summed E-state index contributed by atoms with van der Waals surface area (Å²) in [6.45, 7) is 26.7. The molecule has 0 unspecified atom stereocenters. The summed E-state index contributed by atoms with van der Waals surface area (Å²) in [6.07, 6.45) is 3.50. The molecule has 0 heterocycles. The molecule has 0 N–H and O–H groups in total. The molecule has 0 aliphatic rings. The van der Waals surface area contributed by atoms with Crippen LogP contribution in [0.3, 0.4) is 0 Å². The van der Waals surface area contributed by atoms with E-state index in [-0.39, 0.29) is 0 Å². The molecule has 58 heavy (non-hydrogen) atoms. The number of nitrogens with zero attached hydrogens (tertiary/aromatic N) is 1. The van der Waals surface area contributed by atoms with Crippen molar-refractivity contribution in [3.63, 3.8) is 0 Å². The van der Waals surface area contributed by atoms with Crippen molar-refractivity contribution < 1.29 is 42.6 Å². The zero-order valence-electron chi connectivity index (χ0n) is 37.4. The Kier molecular flexibility index (Phi) is 24.3. The standard InChI is InChI=1S/C45H75NO9Si3/c1-10-47-34-22-25-37(43(53-16-7)40(34)50-13-4)56-31-19-28-46(29-20-32-57-38-26-23-35(48-11-2)41(51-14-5)44(38)54-17-8)30-21-33-58-39-27-24-36(49-12-3)42(52-15-6)45(39)55-18-9/h22-27H,10-21,28-33,56-58H2,1-9H3. The second-order valence-electron chi connectivity index (χ2n) is 13.8.